The maximum atomic E-state index is 14.1. The van der Waals surface area contributed by atoms with Crippen molar-refractivity contribution in [1.82, 2.24) is 15.1 Å². The number of carbonyl (C=O) groups is 2. The third-order valence-electron chi connectivity index (χ3n) is 3.36. The Labute approximate surface area is 141 Å². The van der Waals surface area contributed by atoms with Gasteiger partial charge in [0.25, 0.3) is 5.56 Å². The second-order valence-corrected chi connectivity index (χ2v) is 5.19. The summed E-state index contributed by atoms with van der Waals surface area (Å²) in [6, 6.07) is 5.54. The number of hydrogen-bond donors (Lipinski definition) is 2. The zero-order valence-electron chi connectivity index (χ0n) is 13.5. The molecule has 132 valence electrons. The quantitative estimate of drug-likeness (QED) is 0.792. The van der Waals surface area contributed by atoms with Crippen LogP contribution in [0.4, 0.5) is 4.39 Å². The average Bonchev–Trinajstić information content (AvgIpc) is 2.56. The van der Waals surface area contributed by atoms with Gasteiger partial charge in [0.1, 0.15) is 24.2 Å². The Balaban J connectivity index is 2.27. The van der Waals surface area contributed by atoms with Crippen LogP contribution in [0.15, 0.2) is 35.1 Å². The van der Waals surface area contributed by atoms with E-state index in [-0.39, 0.29) is 11.3 Å². The predicted molar refractivity (Wildman–Crippen MR) is 85.7 cm³/mol. The SMILES string of the molecule is COc1ccc(-c2ccc(=O)n(CC(=O)NC(C)C(=O)O)n2)c(F)c1. The third-order valence-corrected chi connectivity index (χ3v) is 3.36. The summed E-state index contributed by atoms with van der Waals surface area (Å²) >= 11 is 0. The van der Waals surface area contributed by atoms with E-state index in [2.05, 4.69) is 10.4 Å². The van der Waals surface area contributed by atoms with Crippen molar-refractivity contribution >= 4 is 11.9 Å². The largest absolute Gasteiger partial charge is 0.497 e. The second-order valence-electron chi connectivity index (χ2n) is 5.19. The minimum Gasteiger partial charge on any atom is -0.497 e. The Kier molecular flexibility index (Phi) is 5.48. The molecule has 0 aliphatic rings. The number of ether oxygens (including phenoxy) is 1. The first kappa shape index (κ1) is 18.1. The second kappa shape index (κ2) is 7.56. The van der Waals surface area contributed by atoms with Crippen molar-refractivity contribution in [3.05, 3.63) is 46.5 Å². The number of nitrogens with one attached hydrogen (secondary N) is 1. The molecule has 0 radical (unpaired) electrons. The summed E-state index contributed by atoms with van der Waals surface area (Å²) in [6.45, 7) is 0.807. The molecule has 0 aliphatic heterocycles. The van der Waals surface area contributed by atoms with Crippen molar-refractivity contribution in [1.29, 1.82) is 0 Å². The highest BCUT2D eigenvalue weighted by molar-refractivity contribution is 5.83. The number of benzene rings is 1. The minimum atomic E-state index is -1.21. The number of carbonyl (C=O) groups excluding carboxylic acids is 1. The van der Waals surface area contributed by atoms with Crippen LogP contribution in [0.1, 0.15) is 6.92 Å². The van der Waals surface area contributed by atoms with E-state index in [1.807, 2.05) is 0 Å². The zero-order valence-corrected chi connectivity index (χ0v) is 13.5. The number of rotatable bonds is 6. The van der Waals surface area contributed by atoms with Gasteiger partial charge < -0.3 is 15.2 Å². The van der Waals surface area contributed by atoms with Crippen molar-refractivity contribution in [2.75, 3.05) is 7.11 Å². The topological polar surface area (TPSA) is 111 Å². The Hall–Kier alpha value is -3.23. The number of methoxy groups -OCH3 is 1. The molecule has 1 aromatic carbocycles. The van der Waals surface area contributed by atoms with Gasteiger partial charge in [-0.2, -0.15) is 5.10 Å². The number of aliphatic carboxylic acids is 1. The highest BCUT2D eigenvalue weighted by Crippen LogP contribution is 2.23. The number of carboxylic acid groups (broad SMARTS) is 1. The highest BCUT2D eigenvalue weighted by Gasteiger charge is 2.16. The number of nitrogens with zero attached hydrogens (tertiary/aromatic N) is 2. The van der Waals surface area contributed by atoms with Crippen LogP contribution in [0, 0.1) is 5.82 Å². The summed E-state index contributed by atoms with van der Waals surface area (Å²) in [5.74, 6) is -2.17. The van der Waals surface area contributed by atoms with Crippen LogP contribution in [-0.2, 0) is 16.1 Å². The molecule has 1 aromatic heterocycles. The molecule has 0 saturated carbocycles. The molecule has 0 bridgehead atoms. The number of hydrogen-bond acceptors (Lipinski definition) is 5. The molecule has 0 fully saturated rings. The van der Waals surface area contributed by atoms with Gasteiger partial charge in [0.05, 0.1) is 12.8 Å². The first-order valence-corrected chi connectivity index (χ1v) is 7.26. The number of halogens is 1. The fraction of sp³-hybridized carbons (Fsp3) is 0.250. The lowest BCUT2D eigenvalue weighted by Crippen LogP contribution is -2.41. The van der Waals surface area contributed by atoms with E-state index >= 15 is 0 Å². The molecular weight excluding hydrogens is 333 g/mol. The molecule has 1 unspecified atom stereocenters. The molecule has 1 heterocycles. The molecule has 8 nitrogen and oxygen atoms in total. The van der Waals surface area contributed by atoms with E-state index < -0.39 is 35.8 Å². The Morgan fingerprint density at radius 1 is 1.36 bits per heavy atom. The van der Waals surface area contributed by atoms with Crippen molar-refractivity contribution in [2.45, 2.75) is 19.5 Å². The van der Waals surface area contributed by atoms with Crippen molar-refractivity contribution < 1.29 is 23.8 Å². The molecule has 2 aromatic rings. The molecule has 25 heavy (non-hydrogen) atoms. The van der Waals surface area contributed by atoms with Gasteiger partial charge >= 0.3 is 5.97 Å². The summed E-state index contributed by atoms with van der Waals surface area (Å²) in [5, 5.41) is 14.9. The average molecular weight is 349 g/mol. The van der Waals surface area contributed by atoms with Crippen molar-refractivity contribution in [2.24, 2.45) is 0 Å². The van der Waals surface area contributed by atoms with Crippen molar-refractivity contribution in [3.63, 3.8) is 0 Å². The molecule has 0 aliphatic carbocycles. The number of amides is 1. The predicted octanol–water partition coefficient (Wildman–Crippen LogP) is 0.647. The van der Waals surface area contributed by atoms with Crippen molar-refractivity contribution in [3.8, 4) is 17.0 Å². The molecule has 1 atom stereocenters. The van der Waals surface area contributed by atoms with Gasteiger partial charge in [-0.3, -0.25) is 14.4 Å². The van der Waals surface area contributed by atoms with E-state index in [9.17, 15) is 18.8 Å². The maximum absolute atomic E-state index is 14.1. The van der Waals surface area contributed by atoms with Crippen LogP contribution >= 0.6 is 0 Å². The maximum Gasteiger partial charge on any atom is 0.325 e. The molecule has 9 heteroatoms. The van der Waals surface area contributed by atoms with Gasteiger partial charge in [-0.15, -0.1) is 0 Å². The Morgan fingerprint density at radius 2 is 2.08 bits per heavy atom. The minimum absolute atomic E-state index is 0.133. The van der Waals surface area contributed by atoms with E-state index in [4.69, 9.17) is 9.84 Å². The van der Waals surface area contributed by atoms with Gasteiger partial charge in [0, 0.05) is 17.7 Å². The van der Waals surface area contributed by atoms with Crippen LogP contribution in [0.5, 0.6) is 5.75 Å². The lowest BCUT2D eigenvalue weighted by atomic mass is 10.1. The lowest BCUT2D eigenvalue weighted by Gasteiger charge is -2.11. The first-order chi connectivity index (χ1) is 11.8. The van der Waals surface area contributed by atoms with Crippen LogP contribution in [-0.4, -0.2) is 39.9 Å². The highest BCUT2D eigenvalue weighted by atomic mass is 19.1. The number of carboxylic acids is 1. The van der Waals surface area contributed by atoms with E-state index in [1.165, 1.54) is 38.3 Å². The normalized spacial score (nSPS) is 11.6. The van der Waals surface area contributed by atoms with Crippen LogP contribution in [0.25, 0.3) is 11.3 Å². The van der Waals surface area contributed by atoms with Gasteiger partial charge in [0.15, 0.2) is 0 Å². The molecule has 2 rings (SSSR count). The van der Waals surface area contributed by atoms with Gasteiger partial charge in [-0.1, -0.05) is 0 Å². The zero-order chi connectivity index (χ0) is 18.6. The van der Waals surface area contributed by atoms with Crippen LogP contribution < -0.4 is 15.6 Å². The third kappa shape index (κ3) is 4.40. The lowest BCUT2D eigenvalue weighted by molar-refractivity contribution is -0.141. The summed E-state index contributed by atoms with van der Waals surface area (Å²) in [7, 11) is 1.41. The smallest absolute Gasteiger partial charge is 0.325 e. The molecule has 0 saturated heterocycles. The molecule has 1 amide bonds. The fourth-order valence-electron chi connectivity index (χ4n) is 2.02. The summed E-state index contributed by atoms with van der Waals surface area (Å²) in [4.78, 5) is 34.4. The van der Waals surface area contributed by atoms with E-state index in [0.29, 0.717) is 5.75 Å². The monoisotopic (exact) mass is 349 g/mol. The van der Waals surface area contributed by atoms with E-state index in [0.717, 1.165) is 10.7 Å². The van der Waals surface area contributed by atoms with Crippen LogP contribution in [0.2, 0.25) is 0 Å². The van der Waals surface area contributed by atoms with Gasteiger partial charge in [-0.05, 0) is 25.1 Å². The fourth-order valence-corrected chi connectivity index (χ4v) is 2.02. The summed E-state index contributed by atoms with van der Waals surface area (Å²) in [5.41, 5.74) is -0.288. The number of aromatic nitrogens is 2. The Morgan fingerprint density at radius 3 is 2.68 bits per heavy atom. The standard InChI is InChI=1S/C16H16FN3O5/c1-9(16(23)24)18-14(21)8-20-15(22)6-5-13(19-20)11-4-3-10(25-2)7-12(11)17/h3-7,9H,8H2,1-2H3,(H,18,21)(H,23,24). The first-order valence-electron chi connectivity index (χ1n) is 7.26. The molecular formula is C16H16FN3O5. The summed E-state index contributed by atoms with van der Waals surface area (Å²) < 4.78 is 19.9. The van der Waals surface area contributed by atoms with E-state index in [1.54, 1.807) is 0 Å². The van der Waals surface area contributed by atoms with Crippen LogP contribution in [0.3, 0.4) is 0 Å². The molecule has 2 N–H and O–H groups in total. The summed E-state index contributed by atoms with van der Waals surface area (Å²) in [6.07, 6.45) is 0. The Bertz CT molecular complexity index is 865. The van der Waals surface area contributed by atoms with Gasteiger partial charge in [-0.25, -0.2) is 9.07 Å². The molecule has 0 spiro atoms. The van der Waals surface area contributed by atoms with Gasteiger partial charge in [0.2, 0.25) is 5.91 Å².